The zero-order valence-corrected chi connectivity index (χ0v) is 17.7. The topological polar surface area (TPSA) is 58.6 Å². The smallest absolute Gasteiger partial charge is 0.240 e. The average Bonchev–Trinajstić information content (AvgIpc) is 3.13. The van der Waals surface area contributed by atoms with Crippen LogP contribution in [0.3, 0.4) is 0 Å². The second-order valence-electron chi connectivity index (χ2n) is 6.42. The second-order valence-corrected chi connectivity index (χ2v) is 9.35. The van der Waals surface area contributed by atoms with Crippen molar-refractivity contribution in [2.75, 3.05) is 20.2 Å². The van der Waals surface area contributed by atoms with Gasteiger partial charge >= 0.3 is 0 Å². The molecule has 1 saturated heterocycles. The van der Waals surface area contributed by atoms with Gasteiger partial charge in [0.25, 0.3) is 0 Å². The molecule has 1 aliphatic rings. The molecule has 2 aromatic carbocycles. The normalized spacial score (nSPS) is 15.3. The standard InChI is InChI=1S/C19H23IN2O3S/c1-25-19-8-7-17(12-18(19)20)26(23,24)21-13-15-5-4-6-16(11-15)14-22-9-2-3-10-22/h4-8,11-12,21H,2-3,9-10,13-14H2,1H3. The summed E-state index contributed by atoms with van der Waals surface area (Å²) in [5, 5.41) is 0. The Balaban J connectivity index is 1.66. The molecule has 0 radical (unpaired) electrons. The van der Waals surface area contributed by atoms with E-state index in [0.717, 1.165) is 28.8 Å². The molecule has 1 fully saturated rings. The van der Waals surface area contributed by atoms with Crippen LogP contribution < -0.4 is 9.46 Å². The third-order valence-corrected chi connectivity index (χ3v) is 6.74. The maximum absolute atomic E-state index is 12.6. The van der Waals surface area contributed by atoms with Gasteiger partial charge < -0.3 is 4.74 Å². The molecule has 5 nitrogen and oxygen atoms in total. The van der Waals surface area contributed by atoms with Crippen molar-refractivity contribution in [1.29, 1.82) is 0 Å². The lowest BCUT2D eigenvalue weighted by Crippen LogP contribution is -2.23. The number of hydrogen-bond donors (Lipinski definition) is 1. The summed E-state index contributed by atoms with van der Waals surface area (Å²) >= 11 is 2.07. The average molecular weight is 486 g/mol. The summed E-state index contributed by atoms with van der Waals surface area (Å²) in [6, 6.07) is 13.0. The van der Waals surface area contributed by atoms with Crippen LogP contribution in [0, 0.1) is 3.57 Å². The Morgan fingerprint density at radius 2 is 1.85 bits per heavy atom. The predicted molar refractivity (Wildman–Crippen MR) is 111 cm³/mol. The molecule has 7 heteroatoms. The third kappa shape index (κ3) is 4.97. The Labute approximate surface area is 168 Å². The lowest BCUT2D eigenvalue weighted by Gasteiger charge is -2.15. The number of methoxy groups -OCH3 is 1. The Kier molecular flexibility index (Phi) is 6.55. The lowest BCUT2D eigenvalue weighted by molar-refractivity contribution is 0.331. The van der Waals surface area contributed by atoms with Gasteiger partial charge in [0.1, 0.15) is 5.75 Å². The number of likely N-dealkylation sites (tertiary alicyclic amines) is 1. The Morgan fingerprint density at radius 3 is 2.54 bits per heavy atom. The van der Waals surface area contributed by atoms with E-state index in [1.165, 1.54) is 18.4 Å². The predicted octanol–water partition coefficient (Wildman–Crippen LogP) is 3.37. The van der Waals surface area contributed by atoms with Crippen molar-refractivity contribution >= 4 is 32.6 Å². The summed E-state index contributed by atoms with van der Waals surface area (Å²) in [5.41, 5.74) is 2.19. The van der Waals surface area contributed by atoms with Gasteiger partial charge in [0, 0.05) is 13.1 Å². The number of halogens is 1. The van der Waals surface area contributed by atoms with Crippen LogP contribution in [0.25, 0.3) is 0 Å². The van der Waals surface area contributed by atoms with Crippen molar-refractivity contribution in [2.45, 2.75) is 30.8 Å². The Bertz CT molecular complexity index is 865. The number of rotatable bonds is 7. The van der Waals surface area contributed by atoms with E-state index >= 15 is 0 Å². The van der Waals surface area contributed by atoms with Crippen LogP contribution >= 0.6 is 22.6 Å². The zero-order valence-electron chi connectivity index (χ0n) is 14.7. The lowest BCUT2D eigenvalue weighted by atomic mass is 10.1. The number of ether oxygens (including phenoxy) is 1. The van der Waals surface area contributed by atoms with Crippen molar-refractivity contribution in [3.8, 4) is 5.75 Å². The van der Waals surface area contributed by atoms with Gasteiger partial charge in [-0.05, 0) is 77.8 Å². The Morgan fingerprint density at radius 1 is 1.12 bits per heavy atom. The fraction of sp³-hybridized carbons (Fsp3) is 0.368. The molecule has 0 bridgehead atoms. The summed E-state index contributed by atoms with van der Waals surface area (Å²) < 4.78 is 33.8. The molecule has 26 heavy (non-hydrogen) atoms. The highest BCUT2D eigenvalue weighted by Crippen LogP contribution is 2.24. The van der Waals surface area contributed by atoms with Crippen LogP contribution in [0.1, 0.15) is 24.0 Å². The molecule has 140 valence electrons. The van der Waals surface area contributed by atoms with E-state index in [4.69, 9.17) is 4.74 Å². The first-order chi connectivity index (χ1) is 12.5. The van der Waals surface area contributed by atoms with Crippen molar-refractivity contribution in [3.63, 3.8) is 0 Å². The number of nitrogens with zero attached hydrogens (tertiary/aromatic N) is 1. The fourth-order valence-corrected chi connectivity index (χ4v) is 5.10. The zero-order chi connectivity index (χ0) is 18.6. The highest BCUT2D eigenvalue weighted by atomic mass is 127. The maximum atomic E-state index is 12.6. The van der Waals surface area contributed by atoms with E-state index in [2.05, 4.69) is 44.3 Å². The number of hydrogen-bond acceptors (Lipinski definition) is 4. The summed E-state index contributed by atoms with van der Waals surface area (Å²) in [6.45, 7) is 3.50. The van der Waals surface area contributed by atoms with E-state index in [1.807, 2.05) is 12.1 Å². The first-order valence-electron chi connectivity index (χ1n) is 8.61. The second kappa shape index (κ2) is 8.69. The quantitative estimate of drug-likeness (QED) is 0.610. The van der Waals surface area contributed by atoms with Crippen LogP contribution in [0.15, 0.2) is 47.4 Å². The first-order valence-corrected chi connectivity index (χ1v) is 11.2. The fourth-order valence-electron chi connectivity index (χ4n) is 3.11. The highest BCUT2D eigenvalue weighted by Gasteiger charge is 2.16. The van der Waals surface area contributed by atoms with E-state index < -0.39 is 10.0 Å². The molecule has 0 aliphatic carbocycles. The molecule has 0 spiro atoms. The molecule has 2 aromatic rings. The SMILES string of the molecule is COc1ccc(S(=O)(=O)NCc2cccc(CN3CCCC3)c2)cc1I. The molecular weight excluding hydrogens is 463 g/mol. The van der Waals surface area contributed by atoms with Gasteiger partial charge in [-0.25, -0.2) is 13.1 Å². The van der Waals surface area contributed by atoms with Crippen LogP contribution in [0.5, 0.6) is 5.75 Å². The van der Waals surface area contributed by atoms with Crippen molar-refractivity contribution in [1.82, 2.24) is 9.62 Å². The number of benzene rings is 2. The van der Waals surface area contributed by atoms with Crippen LogP contribution in [0.4, 0.5) is 0 Å². The van der Waals surface area contributed by atoms with Gasteiger partial charge in [0.2, 0.25) is 10.0 Å². The number of sulfonamides is 1. The van der Waals surface area contributed by atoms with Gasteiger partial charge in [0.15, 0.2) is 0 Å². The summed E-state index contributed by atoms with van der Waals surface area (Å²) in [7, 11) is -1.99. The molecule has 1 heterocycles. The molecule has 1 aliphatic heterocycles. The maximum Gasteiger partial charge on any atom is 0.240 e. The van der Waals surface area contributed by atoms with Crippen molar-refractivity contribution in [3.05, 3.63) is 57.2 Å². The number of nitrogens with one attached hydrogen (secondary N) is 1. The monoisotopic (exact) mass is 486 g/mol. The van der Waals surface area contributed by atoms with Crippen LogP contribution in [-0.4, -0.2) is 33.5 Å². The van der Waals surface area contributed by atoms with Crippen LogP contribution in [0.2, 0.25) is 0 Å². The molecule has 0 atom stereocenters. The third-order valence-electron chi connectivity index (χ3n) is 4.50. The van der Waals surface area contributed by atoms with Gasteiger partial charge in [0.05, 0.1) is 15.6 Å². The summed E-state index contributed by atoms with van der Waals surface area (Å²) in [4.78, 5) is 2.68. The molecule has 0 saturated carbocycles. The van der Waals surface area contributed by atoms with E-state index in [-0.39, 0.29) is 11.4 Å². The van der Waals surface area contributed by atoms with Crippen molar-refractivity contribution in [2.24, 2.45) is 0 Å². The van der Waals surface area contributed by atoms with Gasteiger partial charge in [-0.2, -0.15) is 0 Å². The highest BCUT2D eigenvalue weighted by molar-refractivity contribution is 14.1. The van der Waals surface area contributed by atoms with Gasteiger partial charge in [-0.3, -0.25) is 4.90 Å². The van der Waals surface area contributed by atoms with Crippen molar-refractivity contribution < 1.29 is 13.2 Å². The minimum atomic E-state index is -3.56. The Hall–Kier alpha value is -1.16. The molecule has 0 aromatic heterocycles. The minimum absolute atomic E-state index is 0.246. The van der Waals surface area contributed by atoms with Gasteiger partial charge in [-0.15, -0.1) is 0 Å². The van der Waals surface area contributed by atoms with E-state index in [1.54, 1.807) is 25.3 Å². The largest absolute Gasteiger partial charge is 0.496 e. The minimum Gasteiger partial charge on any atom is -0.496 e. The summed E-state index contributed by atoms with van der Waals surface area (Å²) in [5.74, 6) is 0.666. The van der Waals surface area contributed by atoms with E-state index in [0.29, 0.717) is 5.75 Å². The van der Waals surface area contributed by atoms with Gasteiger partial charge in [-0.1, -0.05) is 24.3 Å². The molecular formula is C19H23IN2O3S. The molecule has 3 rings (SSSR count). The molecule has 1 N–H and O–H groups in total. The summed E-state index contributed by atoms with van der Waals surface area (Å²) in [6.07, 6.45) is 2.53. The molecule has 0 amide bonds. The van der Waals surface area contributed by atoms with Crippen LogP contribution in [-0.2, 0) is 23.1 Å². The first kappa shape index (κ1) is 19.6. The van der Waals surface area contributed by atoms with E-state index in [9.17, 15) is 8.42 Å². The molecule has 0 unspecified atom stereocenters.